The third-order valence-electron chi connectivity index (χ3n) is 10.1. The zero-order chi connectivity index (χ0) is 21.3. The lowest BCUT2D eigenvalue weighted by Gasteiger charge is -2.65. The van der Waals surface area contributed by atoms with E-state index in [0.29, 0.717) is 5.92 Å². The fourth-order valence-corrected chi connectivity index (χ4v) is 8.20. The molecule has 0 radical (unpaired) electrons. The number of rotatable bonds is 3. The number of allylic oxidation sites excluding steroid dienone is 2. The molecule has 162 valence electrons. The van der Waals surface area contributed by atoms with Gasteiger partial charge in [-0.2, -0.15) is 0 Å². The zero-order valence-corrected chi connectivity index (χ0v) is 19.5. The molecule has 30 heavy (non-hydrogen) atoms. The van der Waals surface area contributed by atoms with Crippen LogP contribution in [0, 0.1) is 22.7 Å². The fourth-order valence-electron chi connectivity index (χ4n) is 8.20. The summed E-state index contributed by atoms with van der Waals surface area (Å²) in [6, 6.07) is 8.88. The first-order chi connectivity index (χ1) is 14.2. The molecule has 0 bridgehead atoms. The van der Waals surface area contributed by atoms with Crippen molar-refractivity contribution in [2.75, 3.05) is 0 Å². The molecule has 0 unspecified atom stereocenters. The first-order valence-electron chi connectivity index (χ1n) is 12.1. The summed E-state index contributed by atoms with van der Waals surface area (Å²) in [7, 11) is 0. The summed E-state index contributed by atoms with van der Waals surface area (Å²) in [5.41, 5.74) is 6.18. The Morgan fingerprint density at radius 1 is 1.13 bits per heavy atom. The topological polar surface area (TPSA) is 36.0 Å². The summed E-state index contributed by atoms with van der Waals surface area (Å²) in [6.45, 7) is 11.9. The average Bonchev–Trinajstić information content (AvgIpc) is 3.21. The Kier molecular flexibility index (Phi) is 4.57. The normalized spacial score (nSPS) is 40.0. The van der Waals surface area contributed by atoms with Gasteiger partial charge in [0.05, 0.1) is 6.10 Å². The standard InChI is InChI=1S/C28H39NO/c1-18(2)9-8-15-26(3)23-13-12-19-17-21-20-10-6-7-11-22(20)29-25(21)28(19,5)27(23,4)16-14-24(26)30/h6-7,9-11,19,23-24,29-30H,8,12-17H2,1-5H3/t19-,23-,24-,26-,27-,28+/m0/s1. The van der Waals surface area contributed by atoms with Crippen molar-refractivity contribution in [1.29, 1.82) is 0 Å². The number of para-hydroxylation sites is 1. The highest BCUT2D eigenvalue weighted by atomic mass is 16.3. The number of aliphatic hydroxyl groups excluding tert-OH is 1. The van der Waals surface area contributed by atoms with Crippen LogP contribution in [-0.2, 0) is 11.8 Å². The number of benzene rings is 1. The van der Waals surface area contributed by atoms with E-state index >= 15 is 0 Å². The van der Waals surface area contributed by atoms with Gasteiger partial charge in [0.2, 0.25) is 0 Å². The molecule has 3 aliphatic carbocycles. The molecule has 2 heteroatoms. The first kappa shape index (κ1) is 20.4. The molecular formula is C28H39NO. The molecular weight excluding hydrogens is 366 g/mol. The highest BCUT2D eigenvalue weighted by Gasteiger charge is 2.66. The van der Waals surface area contributed by atoms with Crippen molar-refractivity contribution in [1.82, 2.24) is 4.98 Å². The molecule has 1 aromatic heterocycles. The van der Waals surface area contributed by atoms with Crippen LogP contribution in [0.4, 0.5) is 0 Å². The van der Waals surface area contributed by atoms with Gasteiger partial charge in [0.15, 0.2) is 0 Å². The number of fused-ring (bicyclic) bond motifs is 7. The van der Waals surface area contributed by atoms with Crippen molar-refractivity contribution in [3.8, 4) is 0 Å². The lowest BCUT2D eigenvalue weighted by Crippen LogP contribution is -2.62. The van der Waals surface area contributed by atoms with E-state index in [9.17, 15) is 5.11 Å². The van der Waals surface area contributed by atoms with Crippen molar-refractivity contribution >= 4 is 10.9 Å². The highest BCUT2D eigenvalue weighted by molar-refractivity contribution is 5.86. The maximum Gasteiger partial charge on any atom is 0.0597 e. The van der Waals surface area contributed by atoms with Crippen LogP contribution >= 0.6 is 0 Å². The minimum Gasteiger partial charge on any atom is -0.393 e. The number of aromatic amines is 1. The van der Waals surface area contributed by atoms with Crippen LogP contribution in [-0.4, -0.2) is 16.2 Å². The summed E-state index contributed by atoms with van der Waals surface area (Å²) >= 11 is 0. The zero-order valence-electron chi connectivity index (χ0n) is 19.5. The molecule has 0 spiro atoms. The second kappa shape index (κ2) is 6.73. The van der Waals surface area contributed by atoms with Gasteiger partial charge in [-0.25, -0.2) is 0 Å². The quantitative estimate of drug-likeness (QED) is 0.534. The predicted octanol–water partition coefficient (Wildman–Crippen LogP) is 6.92. The SMILES string of the molecule is CC(C)=CCC[C@]1(C)[C@@H](O)CC[C@@]2(C)[C@H]1CC[C@H]1Cc3c([nH]c4ccccc34)[C@@]12C. The van der Waals surface area contributed by atoms with Gasteiger partial charge in [0.1, 0.15) is 0 Å². The van der Waals surface area contributed by atoms with E-state index in [4.69, 9.17) is 0 Å². The summed E-state index contributed by atoms with van der Waals surface area (Å²) in [5, 5.41) is 12.7. The Labute approximate surface area is 182 Å². The van der Waals surface area contributed by atoms with E-state index in [1.54, 1.807) is 5.56 Å². The van der Waals surface area contributed by atoms with Crippen molar-refractivity contribution < 1.29 is 5.11 Å². The van der Waals surface area contributed by atoms with E-state index in [-0.39, 0.29) is 22.3 Å². The smallest absolute Gasteiger partial charge is 0.0597 e. The van der Waals surface area contributed by atoms with Crippen LogP contribution in [0.2, 0.25) is 0 Å². The molecule has 6 atom stereocenters. The minimum atomic E-state index is -0.176. The number of hydrogen-bond donors (Lipinski definition) is 2. The fraction of sp³-hybridized carbons (Fsp3) is 0.643. The molecule has 3 aliphatic rings. The van der Waals surface area contributed by atoms with Crippen molar-refractivity contribution in [3.63, 3.8) is 0 Å². The third-order valence-corrected chi connectivity index (χ3v) is 10.1. The Morgan fingerprint density at radius 3 is 2.67 bits per heavy atom. The summed E-state index contributed by atoms with van der Waals surface area (Å²) in [5.74, 6) is 1.29. The molecule has 1 heterocycles. The van der Waals surface area contributed by atoms with Gasteiger partial charge in [-0.05, 0) is 93.1 Å². The first-order valence-corrected chi connectivity index (χ1v) is 12.1. The molecule has 2 saturated carbocycles. The Bertz CT molecular complexity index is 997. The van der Waals surface area contributed by atoms with Gasteiger partial charge in [-0.1, -0.05) is 50.6 Å². The maximum atomic E-state index is 11.3. The number of aromatic nitrogens is 1. The molecule has 1 aromatic carbocycles. The predicted molar refractivity (Wildman–Crippen MR) is 126 cm³/mol. The van der Waals surface area contributed by atoms with Gasteiger partial charge in [0.25, 0.3) is 0 Å². The Hall–Kier alpha value is -1.54. The molecule has 2 fully saturated rings. The van der Waals surface area contributed by atoms with Crippen LogP contribution in [0.25, 0.3) is 10.9 Å². The average molecular weight is 406 g/mol. The molecule has 0 saturated heterocycles. The monoisotopic (exact) mass is 405 g/mol. The molecule has 0 aliphatic heterocycles. The van der Waals surface area contributed by atoms with Gasteiger partial charge >= 0.3 is 0 Å². The van der Waals surface area contributed by atoms with Crippen molar-refractivity contribution in [2.45, 2.75) is 91.1 Å². The van der Waals surface area contributed by atoms with Crippen molar-refractivity contribution in [3.05, 3.63) is 47.2 Å². The van der Waals surface area contributed by atoms with Crippen LogP contribution in [0.5, 0.6) is 0 Å². The summed E-state index contributed by atoms with van der Waals surface area (Å²) in [4.78, 5) is 3.90. The van der Waals surface area contributed by atoms with Gasteiger partial charge in [-0.3, -0.25) is 0 Å². The van der Waals surface area contributed by atoms with Crippen LogP contribution < -0.4 is 0 Å². The number of nitrogens with one attached hydrogen (secondary N) is 1. The molecule has 2 aromatic rings. The Morgan fingerprint density at radius 2 is 1.90 bits per heavy atom. The van der Waals surface area contributed by atoms with Crippen LogP contribution in [0.15, 0.2) is 35.9 Å². The van der Waals surface area contributed by atoms with E-state index in [1.165, 1.54) is 41.4 Å². The van der Waals surface area contributed by atoms with E-state index in [1.807, 2.05) is 0 Å². The van der Waals surface area contributed by atoms with Gasteiger partial charge < -0.3 is 10.1 Å². The molecule has 0 amide bonds. The van der Waals surface area contributed by atoms with E-state index in [2.05, 4.69) is 69.9 Å². The molecule has 2 N–H and O–H groups in total. The second-order valence-electron chi connectivity index (χ2n) is 11.6. The minimum absolute atomic E-state index is 0.00169. The second-order valence-corrected chi connectivity index (χ2v) is 11.6. The Balaban J connectivity index is 1.59. The summed E-state index contributed by atoms with van der Waals surface area (Å²) in [6.07, 6.45) is 10.2. The number of H-pyrrole nitrogens is 1. The molecule has 2 nitrogen and oxygen atoms in total. The largest absolute Gasteiger partial charge is 0.393 e. The van der Waals surface area contributed by atoms with Gasteiger partial charge in [-0.15, -0.1) is 0 Å². The highest BCUT2D eigenvalue weighted by Crippen LogP contribution is 2.70. The maximum absolute atomic E-state index is 11.3. The summed E-state index contributed by atoms with van der Waals surface area (Å²) < 4.78 is 0. The van der Waals surface area contributed by atoms with Crippen molar-refractivity contribution in [2.24, 2.45) is 22.7 Å². The van der Waals surface area contributed by atoms with Gasteiger partial charge in [0, 0.05) is 22.0 Å². The lowest BCUT2D eigenvalue weighted by molar-refractivity contribution is -0.166. The number of hydrogen-bond acceptors (Lipinski definition) is 1. The number of aliphatic hydroxyl groups is 1. The van der Waals surface area contributed by atoms with Crippen LogP contribution in [0.1, 0.15) is 84.4 Å². The van der Waals surface area contributed by atoms with E-state index < -0.39 is 0 Å². The lowest BCUT2D eigenvalue weighted by atomic mass is 9.40. The third kappa shape index (κ3) is 2.52. The molecule has 5 rings (SSSR count). The van der Waals surface area contributed by atoms with Crippen LogP contribution in [0.3, 0.4) is 0 Å². The van der Waals surface area contributed by atoms with E-state index in [0.717, 1.165) is 31.6 Å².